The summed E-state index contributed by atoms with van der Waals surface area (Å²) in [6.45, 7) is 1.68. The highest BCUT2D eigenvalue weighted by Crippen LogP contribution is 2.12. The largest absolute Gasteiger partial charge is 0.479 e. The highest BCUT2D eigenvalue weighted by molar-refractivity contribution is 5.84. The summed E-state index contributed by atoms with van der Waals surface area (Å²) in [6, 6.07) is -1.13. The molecule has 0 aliphatic rings. The van der Waals surface area contributed by atoms with Crippen LogP contribution in [0.3, 0.4) is 0 Å². The van der Waals surface area contributed by atoms with Crippen molar-refractivity contribution >= 4 is 11.9 Å². The van der Waals surface area contributed by atoms with E-state index in [0.717, 1.165) is 0 Å². The monoisotopic (exact) mass is 293 g/mol. The molecule has 0 aliphatic heterocycles. The van der Waals surface area contributed by atoms with Crippen molar-refractivity contribution in [2.24, 2.45) is 7.05 Å². The Balaban J connectivity index is 1.94. The Morgan fingerprint density at radius 1 is 1.52 bits per heavy atom. The molecule has 1 unspecified atom stereocenters. The number of hydrogen-bond donors (Lipinski definition) is 2. The number of amides is 1. The molecular formula is C12H15N5O4. The zero-order valence-corrected chi connectivity index (χ0v) is 11.6. The Labute approximate surface area is 120 Å². The number of aliphatic carboxylic acids is 1. The van der Waals surface area contributed by atoms with Crippen LogP contribution in [0, 0.1) is 6.92 Å². The molecule has 0 aromatic carbocycles. The van der Waals surface area contributed by atoms with Crippen LogP contribution in [0.5, 0.6) is 0 Å². The molecule has 2 aromatic rings. The van der Waals surface area contributed by atoms with Crippen molar-refractivity contribution in [2.45, 2.75) is 25.8 Å². The van der Waals surface area contributed by atoms with Gasteiger partial charge in [-0.2, -0.15) is 10.1 Å². The van der Waals surface area contributed by atoms with Gasteiger partial charge in [0.1, 0.15) is 0 Å². The van der Waals surface area contributed by atoms with Crippen molar-refractivity contribution in [3.63, 3.8) is 0 Å². The molecule has 0 saturated carbocycles. The van der Waals surface area contributed by atoms with Gasteiger partial charge in [0.25, 0.3) is 0 Å². The predicted octanol–water partition coefficient (Wildman–Crippen LogP) is -0.0138. The molecular weight excluding hydrogens is 278 g/mol. The van der Waals surface area contributed by atoms with Gasteiger partial charge in [0.15, 0.2) is 11.9 Å². The van der Waals surface area contributed by atoms with E-state index in [4.69, 9.17) is 4.52 Å². The molecule has 0 bridgehead atoms. The highest BCUT2D eigenvalue weighted by Gasteiger charge is 2.23. The molecule has 0 aliphatic carbocycles. The number of aryl methyl sites for hydroxylation is 3. The van der Waals surface area contributed by atoms with E-state index < -0.39 is 17.9 Å². The Morgan fingerprint density at radius 2 is 2.29 bits per heavy atom. The molecule has 1 atom stereocenters. The number of rotatable bonds is 6. The zero-order valence-electron chi connectivity index (χ0n) is 11.6. The Morgan fingerprint density at radius 3 is 2.81 bits per heavy atom. The van der Waals surface area contributed by atoms with Gasteiger partial charge < -0.3 is 14.9 Å². The molecule has 0 spiro atoms. The van der Waals surface area contributed by atoms with Crippen LogP contribution in [-0.2, 0) is 23.1 Å². The van der Waals surface area contributed by atoms with Crippen LogP contribution in [0.15, 0.2) is 16.9 Å². The average molecular weight is 293 g/mol. The van der Waals surface area contributed by atoms with E-state index in [-0.39, 0.29) is 12.8 Å². The second-order valence-electron chi connectivity index (χ2n) is 4.52. The first-order valence-electron chi connectivity index (χ1n) is 6.25. The van der Waals surface area contributed by atoms with E-state index in [1.165, 1.54) is 10.9 Å². The standard InChI is InChI=1S/C12H15N5O4/c1-7-14-10(21-16-7)4-3-9(18)15-11(12(19)20)8-5-13-17(2)6-8/h5-6,11H,3-4H2,1-2H3,(H,15,18)(H,19,20). The molecule has 9 nitrogen and oxygen atoms in total. The first-order chi connectivity index (χ1) is 9.95. The topological polar surface area (TPSA) is 123 Å². The first kappa shape index (κ1) is 14.7. The van der Waals surface area contributed by atoms with Gasteiger partial charge in [0.2, 0.25) is 11.8 Å². The van der Waals surface area contributed by atoms with E-state index in [9.17, 15) is 14.7 Å². The quantitative estimate of drug-likeness (QED) is 0.767. The lowest BCUT2D eigenvalue weighted by atomic mass is 10.1. The third-order valence-electron chi connectivity index (χ3n) is 2.75. The third kappa shape index (κ3) is 3.88. The lowest BCUT2D eigenvalue weighted by Gasteiger charge is -2.12. The lowest BCUT2D eigenvalue weighted by molar-refractivity contribution is -0.142. The summed E-state index contributed by atoms with van der Waals surface area (Å²) in [5.74, 6) is -0.729. The smallest absolute Gasteiger partial charge is 0.331 e. The van der Waals surface area contributed by atoms with Crippen molar-refractivity contribution < 1.29 is 19.2 Å². The van der Waals surface area contributed by atoms with Crippen LogP contribution in [-0.4, -0.2) is 36.9 Å². The van der Waals surface area contributed by atoms with E-state index in [1.54, 1.807) is 20.2 Å². The number of hydrogen-bond acceptors (Lipinski definition) is 6. The SMILES string of the molecule is Cc1noc(CCC(=O)NC(C(=O)O)c2cnn(C)c2)n1. The van der Waals surface area contributed by atoms with Crippen molar-refractivity contribution in [1.29, 1.82) is 0 Å². The van der Waals surface area contributed by atoms with Crippen LogP contribution in [0.1, 0.15) is 29.7 Å². The molecule has 2 N–H and O–H groups in total. The van der Waals surface area contributed by atoms with E-state index in [1.807, 2.05) is 0 Å². The fraction of sp³-hybridized carbons (Fsp3) is 0.417. The zero-order chi connectivity index (χ0) is 15.4. The fourth-order valence-corrected chi connectivity index (χ4v) is 1.77. The molecule has 0 saturated heterocycles. The Bertz CT molecular complexity index is 648. The van der Waals surface area contributed by atoms with Crippen LogP contribution < -0.4 is 5.32 Å². The second-order valence-corrected chi connectivity index (χ2v) is 4.52. The van der Waals surface area contributed by atoms with Crippen molar-refractivity contribution in [2.75, 3.05) is 0 Å². The minimum Gasteiger partial charge on any atom is -0.479 e. The fourth-order valence-electron chi connectivity index (χ4n) is 1.77. The highest BCUT2D eigenvalue weighted by atomic mass is 16.5. The van der Waals surface area contributed by atoms with Gasteiger partial charge in [-0.25, -0.2) is 4.79 Å². The normalized spacial score (nSPS) is 12.1. The molecule has 2 heterocycles. The second kappa shape index (κ2) is 6.16. The van der Waals surface area contributed by atoms with Crippen LogP contribution in [0.4, 0.5) is 0 Å². The minimum absolute atomic E-state index is 0.0612. The summed E-state index contributed by atoms with van der Waals surface area (Å²) in [7, 11) is 1.67. The maximum absolute atomic E-state index is 11.8. The van der Waals surface area contributed by atoms with Crippen molar-refractivity contribution in [3.8, 4) is 0 Å². The summed E-state index contributed by atoms with van der Waals surface area (Å²) in [5.41, 5.74) is 0.409. The summed E-state index contributed by atoms with van der Waals surface area (Å²) >= 11 is 0. The first-order valence-corrected chi connectivity index (χ1v) is 6.25. The molecule has 0 radical (unpaired) electrons. The average Bonchev–Trinajstić information content (AvgIpc) is 3.02. The summed E-state index contributed by atoms with van der Waals surface area (Å²) in [5, 5.41) is 19.1. The van der Waals surface area contributed by atoms with E-state index >= 15 is 0 Å². The van der Waals surface area contributed by atoms with Gasteiger partial charge in [-0.15, -0.1) is 0 Å². The molecule has 2 rings (SSSR count). The number of carboxylic acid groups (broad SMARTS) is 1. The predicted molar refractivity (Wildman–Crippen MR) is 69.1 cm³/mol. The number of carbonyl (C=O) groups is 2. The van der Waals surface area contributed by atoms with Gasteiger partial charge in [0, 0.05) is 31.6 Å². The van der Waals surface area contributed by atoms with Crippen molar-refractivity contribution in [1.82, 2.24) is 25.2 Å². The number of aromatic nitrogens is 4. The maximum atomic E-state index is 11.8. The molecule has 112 valence electrons. The summed E-state index contributed by atoms with van der Waals surface area (Å²) in [4.78, 5) is 27.0. The number of carbonyl (C=O) groups excluding carboxylic acids is 1. The third-order valence-corrected chi connectivity index (χ3v) is 2.75. The summed E-state index contributed by atoms with van der Waals surface area (Å²) < 4.78 is 6.36. The number of nitrogens with zero attached hydrogens (tertiary/aromatic N) is 4. The van der Waals surface area contributed by atoms with Gasteiger partial charge in [-0.05, 0) is 6.92 Å². The van der Waals surface area contributed by atoms with Crippen LogP contribution >= 0.6 is 0 Å². The summed E-state index contributed by atoms with van der Waals surface area (Å²) in [6.07, 6.45) is 3.26. The van der Waals surface area contributed by atoms with Gasteiger partial charge in [-0.3, -0.25) is 9.48 Å². The van der Waals surface area contributed by atoms with Crippen LogP contribution in [0.25, 0.3) is 0 Å². The maximum Gasteiger partial charge on any atom is 0.331 e. The van der Waals surface area contributed by atoms with E-state index in [0.29, 0.717) is 17.3 Å². The number of carboxylic acids is 1. The number of nitrogens with one attached hydrogen (secondary N) is 1. The van der Waals surface area contributed by atoms with Gasteiger partial charge >= 0.3 is 5.97 Å². The minimum atomic E-state index is -1.15. The molecule has 9 heteroatoms. The van der Waals surface area contributed by atoms with E-state index in [2.05, 4.69) is 20.6 Å². The lowest BCUT2D eigenvalue weighted by Crippen LogP contribution is -2.33. The Kier molecular flexibility index (Phi) is 4.31. The molecule has 0 fully saturated rings. The van der Waals surface area contributed by atoms with Crippen molar-refractivity contribution in [3.05, 3.63) is 29.7 Å². The van der Waals surface area contributed by atoms with Gasteiger partial charge in [-0.1, -0.05) is 5.16 Å². The van der Waals surface area contributed by atoms with Crippen LogP contribution in [0.2, 0.25) is 0 Å². The molecule has 2 aromatic heterocycles. The van der Waals surface area contributed by atoms with Gasteiger partial charge in [0.05, 0.1) is 6.20 Å². The molecule has 21 heavy (non-hydrogen) atoms. The molecule has 1 amide bonds. The Hall–Kier alpha value is -2.71.